The number of hydrogen-bond acceptors (Lipinski definition) is 4. The minimum Gasteiger partial charge on any atom is -0.481 e. The quantitative estimate of drug-likeness (QED) is 0.469. The van der Waals surface area contributed by atoms with Gasteiger partial charge < -0.3 is 20.4 Å². The molecule has 4 rings (SSSR count). The molecule has 4 N–H and O–H groups in total. The average molecular weight is 474 g/mol. The van der Waals surface area contributed by atoms with E-state index in [0.717, 1.165) is 44.9 Å². The summed E-state index contributed by atoms with van der Waals surface area (Å²) in [7, 11) is 0. The molecule has 6 heteroatoms. The Morgan fingerprint density at radius 3 is 2.40 bits per heavy atom. The van der Waals surface area contributed by atoms with Gasteiger partial charge in [0.1, 0.15) is 0 Å². The van der Waals surface area contributed by atoms with Gasteiger partial charge in [0.25, 0.3) is 0 Å². The van der Waals surface area contributed by atoms with Gasteiger partial charge in [-0.1, -0.05) is 20.8 Å². The number of carboxylic acids is 1. The van der Waals surface area contributed by atoms with Crippen LogP contribution in [0.4, 0.5) is 0 Å². The van der Waals surface area contributed by atoms with E-state index in [9.17, 15) is 20.1 Å². The number of carbonyl (C=O) groups is 1. The molecule has 4 aliphatic carbocycles. The molecule has 30 heavy (non-hydrogen) atoms. The van der Waals surface area contributed by atoms with Crippen LogP contribution in [0.25, 0.3) is 0 Å². The zero-order valence-electron chi connectivity index (χ0n) is 19.0. The van der Waals surface area contributed by atoms with E-state index in [0.29, 0.717) is 30.1 Å². The Kier molecular flexibility index (Phi) is 7.16. The third kappa shape index (κ3) is 3.72. The van der Waals surface area contributed by atoms with Gasteiger partial charge in [-0.25, -0.2) is 0 Å². The van der Waals surface area contributed by atoms with Crippen LogP contribution in [0.1, 0.15) is 78.6 Å². The summed E-state index contributed by atoms with van der Waals surface area (Å²) >= 11 is 0. The molecule has 0 aromatic carbocycles. The maximum absolute atomic E-state index is 11.5. The molecule has 0 bridgehead atoms. The van der Waals surface area contributed by atoms with Gasteiger partial charge in [0.15, 0.2) is 0 Å². The molecule has 0 unspecified atom stereocenters. The van der Waals surface area contributed by atoms with E-state index in [4.69, 9.17) is 5.11 Å². The molecule has 0 aromatic heterocycles. The number of aliphatic hydroxyl groups excluding tert-OH is 3. The van der Waals surface area contributed by atoms with E-state index in [1.54, 1.807) is 0 Å². The molecular formula is C24H40O5Zn+2. The van der Waals surface area contributed by atoms with Crippen molar-refractivity contribution in [1.82, 2.24) is 0 Å². The van der Waals surface area contributed by atoms with Gasteiger partial charge in [0, 0.05) is 6.42 Å². The Balaban J connectivity index is 0.00000256. The van der Waals surface area contributed by atoms with Crippen LogP contribution >= 0.6 is 0 Å². The summed E-state index contributed by atoms with van der Waals surface area (Å²) in [5.74, 6) is 0.997. The van der Waals surface area contributed by atoms with Crippen LogP contribution in [-0.2, 0) is 24.3 Å². The molecule has 0 radical (unpaired) electrons. The second kappa shape index (κ2) is 8.73. The van der Waals surface area contributed by atoms with E-state index in [2.05, 4.69) is 20.8 Å². The summed E-state index contributed by atoms with van der Waals surface area (Å²) in [6.45, 7) is 6.72. The fourth-order valence-corrected chi connectivity index (χ4v) is 8.68. The van der Waals surface area contributed by atoms with Crippen LogP contribution in [-0.4, -0.2) is 44.7 Å². The number of aliphatic hydroxyl groups is 3. The summed E-state index contributed by atoms with van der Waals surface area (Å²) in [6, 6.07) is 0. The minimum absolute atomic E-state index is 0. The van der Waals surface area contributed by atoms with Gasteiger partial charge in [-0.05, 0) is 97.7 Å². The van der Waals surface area contributed by atoms with Gasteiger partial charge in [-0.15, -0.1) is 0 Å². The molecule has 4 aliphatic rings. The predicted molar refractivity (Wildman–Crippen MR) is 110 cm³/mol. The van der Waals surface area contributed by atoms with Gasteiger partial charge in [-0.2, -0.15) is 0 Å². The number of rotatable bonds is 4. The maximum atomic E-state index is 11.5. The van der Waals surface area contributed by atoms with Gasteiger partial charge in [0.2, 0.25) is 0 Å². The second-order valence-electron chi connectivity index (χ2n) is 11.4. The Bertz CT molecular complexity index is 643. The van der Waals surface area contributed by atoms with Gasteiger partial charge in [-0.3, -0.25) is 4.79 Å². The monoisotopic (exact) mass is 472 g/mol. The van der Waals surface area contributed by atoms with Crippen LogP contribution in [0, 0.1) is 46.3 Å². The Hall–Kier alpha value is -0.0266. The second-order valence-corrected chi connectivity index (χ2v) is 11.4. The van der Waals surface area contributed by atoms with Crippen LogP contribution in [0.3, 0.4) is 0 Å². The molecule has 4 fully saturated rings. The molecule has 166 valence electrons. The fraction of sp³-hybridized carbons (Fsp3) is 0.958. The van der Waals surface area contributed by atoms with Crippen molar-refractivity contribution in [2.45, 2.75) is 96.9 Å². The van der Waals surface area contributed by atoms with Crippen molar-refractivity contribution in [3.8, 4) is 0 Å². The van der Waals surface area contributed by atoms with E-state index >= 15 is 0 Å². The van der Waals surface area contributed by atoms with Crippen molar-refractivity contribution in [3.05, 3.63) is 0 Å². The topological polar surface area (TPSA) is 98.0 Å². The summed E-state index contributed by atoms with van der Waals surface area (Å²) < 4.78 is 0. The molecule has 0 heterocycles. The normalized spacial score (nSPS) is 51.1. The first-order valence-electron chi connectivity index (χ1n) is 11.8. The smallest absolute Gasteiger partial charge is 0.481 e. The first-order valence-corrected chi connectivity index (χ1v) is 11.8. The molecule has 11 atom stereocenters. The zero-order valence-corrected chi connectivity index (χ0v) is 21.9. The van der Waals surface area contributed by atoms with Crippen molar-refractivity contribution in [1.29, 1.82) is 0 Å². The molecular weight excluding hydrogens is 434 g/mol. The van der Waals surface area contributed by atoms with Gasteiger partial charge in [0.05, 0.1) is 18.3 Å². The summed E-state index contributed by atoms with van der Waals surface area (Å²) in [5.41, 5.74) is -0.143. The van der Waals surface area contributed by atoms with Crippen molar-refractivity contribution in [3.63, 3.8) is 0 Å². The number of carboxylic acid groups (broad SMARTS) is 1. The van der Waals surface area contributed by atoms with Crippen LogP contribution in [0.2, 0.25) is 0 Å². The first-order chi connectivity index (χ1) is 13.6. The third-order valence-electron chi connectivity index (χ3n) is 10.3. The molecule has 0 saturated heterocycles. The average Bonchev–Trinajstić information content (AvgIpc) is 3.01. The Labute approximate surface area is 193 Å². The Morgan fingerprint density at radius 1 is 1.03 bits per heavy atom. The largest absolute Gasteiger partial charge is 2.00 e. The predicted octanol–water partition coefficient (Wildman–Crippen LogP) is 3.45. The molecule has 0 spiro atoms. The maximum Gasteiger partial charge on any atom is 2.00 e. The first kappa shape index (κ1) is 24.6. The zero-order chi connectivity index (χ0) is 21.1. The number of fused-ring (bicyclic) bond motifs is 5. The number of aliphatic carboxylic acids is 1. The summed E-state index contributed by atoms with van der Waals surface area (Å²) in [4.78, 5) is 11.1. The van der Waals surface area contributed by atoms with Crippen molar-refractivity contribution in [2.24, 2.45) is 46.3 Å². The van der Waals surface area contributed by atoms with Gasteiger partial charge >= 0.3 is 25.4 Å². The van der Waals surface area contributed by atoms with E-state index in [1.165, 1.54) is 0 Å². The summed E-state index contributed by atoms with van der Waals surface area (Å²) in [5, 5.41) is 42.0. The Morgan fingerprint density at radius 2 is 1.73 bits per heavy atom. The molecule has 5 nitrogen and oxygen atoms in total. The molecule has 0 aliphatic heterocycles. The van der Waals surface area contributed by atoms with Crippen molar-refractivity contribution < 1.29 is 44.7 Å². The van der Waals surface area contributed by atoms with E-state index in [1.807, 2.05) is 0 Å². The number of hydrogen-bond donors (Lipinski definition) is 4. The van der Waals surface area contributed by atoms with E-state index < -0.39 is 12.1 Å². The van der Waals surface area contributed by atoms with Crippen LogP contribution in [0.15, 0.2) is 0 Å². The van der Waals surface area contributed by atoms with Crippen molar-refractivity contribution >= 4 is 5.97 Å². The van der Waals surface area contributed by atoms with Crippen LogP contribution < -0.4 is 0 Å². The standard InChI is InChI=1S/C24H40O5.Zn/c1-13(4-7-21(28)29)16-5-6-17-22-18(12-20(27)24(16,17)3)23(2)9-8-15(25)10-14(23)11-19(22)26;/h13-20,22,25-27H,4-12H2,1-3H3,(H,28,29);/q;+2/t13-,14+,15-,16-,17+,18+,19-,20+,22+,23+,24-;/m1./s1. The van der Waals surface area contributed by atoms with Crippen LogP contribution in [0.5, 0.6) is 0 Å². The molecule has 0 aromatic rings. The third-order valence-corrected chi connectivity index (χ3v) is 10.3. The van der Waals surface area contributed by atoms with E-state index in [-0.39, 0.29) is 60.8 Å². The molecule has 4 saturated carbocycles. The SMILES string of the molecule is C[C@H](CCC(=O)O)[C@H]1CC[C@H]2[C@@H]3[C@H](O)C[C@@H]4C[C@H](O)CC[C@]4(C)[C@H]3C[C@H](O)[C@]12C.[Zn+2]. The fourth-order valence-electron chi connectivity index (χ4n) is 8.68. The summed E-state index contributed by atoms with van der Waals surface area (Å²) in [6.07, 6.45) is 6.00. The minimum atomic E-state index is -0.748. The van der Waals surface area contributed by atoms with Crippen molar-refractivity contribution in [2.75, 3.05) is 0 Å². The molecule has 0 amide bonds.